The predicted octanol–water partition coefficient (Wildman–Crippen LogP) is 4.30. The highest BCUT2D eigenvalue weighted by atomic mass is 14.8. The van der Waals surface area contributed by atoms with Crippen molar-refractivity contribution < 1.29 is 0 Å². The maximum atomic E-state index is 6.76. The Kier molecular flexibility index (Phi) is 3.09. The maximum Gasteiger partial charge on any atom is 0.0705 e. The van der Waals surface area contributed by atoms with E-state index in [-0.39, 0.29) is 5.54 Å². The van der Waals surface area contributed by atoms with Crippen LogP contribution >= 0.6 is 0 Å². The van der Waals surface area contributed by atoms with Crippen LogP contribution in [0.5, 0.6) is 0 Å². The lowest BCUT2D eigenvalue weighted by Crippen LogP contribution is -2.44. The van der Waals surface area contributed by atoms with Gasteiger partial charge < -0.3 is 5.73 Å². The van der Waals surface area contributed by atoms with Gasteiger partial charge in [0.25, 0.3) is 0 Å². The second kappa shape index (κ2) is 4.56. The largest absolute Gasteiger partial charge is 0.321 e. The molecule has 0 aliphatic heterocycles. The molecule has 1 saturated carbocycles. The van der Waals surface area contributed by atoms with Crippen LogP contribution in [-0.4, -0.2) is 4.98 Å². The quantitative estimate of drug-likeness (QED) is 0.837. The minimum atomic E-state index is -0.180. The first-order valence-corrected chi connectivity index (χ1v) is 7.55. The highest BCUT2D eigenvalue weighted by Crippen LogP contribution is 2.45. The normalized spacial score (nSPS) is 25.8. The molecule has 0 bridgehead atoms. The third-order valence-corrected chi connectivity index (χ3v) is 4.67. The molecule has 0 spiro atoms. The Labute approximate surface area is 121 Å². The molecular weight excluding hydrogens is 244 g/mol. The number of pyridine rings is 1. The fraction of sp³-hybridized carbons (Fsp3) is 0.500. The van der Waals surface area contributed by atoms with Crippen molar-refractivity contribution in [2.24, 2.45) is 11.1 Å². The monoisotopic (exact) mass is 268 g/mol. The lowest BCUT2D eigenvalue weighted by molar-refractivity contribution is 0.151. The molecule has 0 amide bonds. The second-order valence-electron chi connectivity index (χ2n) is 7.21. The van der Waals surface area contributed by atoms with Crippen molar-refractivity contribution in [1.29, 1.82) is 0 Å². The smallest absolute Gasteiger partial charge is 0.0705 e. The van der Waals surface area contributed by atoms with Crippen LogP contribution in [0.25, 0.3) is 10.9 Å². The van der Waals surface area contributed by atoms with Gasteiger partial charge in [-0.3, -0.25) is 4.98 Å². The first-order valence-electron chi connectivity index (χ1n) is 7.55. The zero-order valence-electron chi connectivity index (χ0n) is 12.7. The standard InChI is InChI=1S/C18H24N2/c1-13-5-6-14-11-15(7-8-16(14)20-13)18(19)10-4-9-17(2,3)12-18/h5-8,11H,4,9-10,12,19H2,1-3H3. The zero-order chi connectivity index (χ0) is 14.4. The number of hydrogen-bond acceptors (Lipinski definition) is 2. The molecule has 1 heterocycles. The Hall–Kier alpha value is -1.41. The number of rotatable bonds is 1. The molecule has 1 aliphatic carbocycles. The van der Waals surface area contributed by atoms with Gasteiger partial charge in [0.15, 0.2) is 0 Å². The summed E-state index contributed by atoms with van der Waals surface area (Å²) in [5.74, 6) is 0. The number of nitrogens with zero attached hydrogens (tertiary/aromatic N) is 1. The van der Waals surface area contributed by atoms with Crippen LogP contribution in [0.4, 0.5) is 0 Å². The minimum Gasteiger partial charge on any atom is -0.321 e. The summed E-state index contributed by atoms with van der Waals surface area (Å²) in [4.78, 5) is 4.57. The van der Waals surface area contributed by atoms with E-state index in [1.807, 2.05) is 6.92 Å². The van der Waals surface area contributed by atoms with Crippen molar-refractivity contribution in [1.82, 2.24) is 4.98 Å². The summed E-state index contributed by atoms with van der Waals surface area (Å²) in [5, 5.41) is 1.20. The molecule has 1 aromatic carbocycles. The van der Waals surface area contributed by atoms with E-state index in [1.165, 1.54) is 23.8 Å². The Bertz CT molecular complexity index is 645. The van der Waals surface area contributed by atoms with Gasteiger partial charge >= 0.3 is 0 Å². The molecular formula is C18H24N2. The van der Waals surface area contributed by atoms with E-state index in [0.717, 1.165) is 24.1 Å². The summed E-state index contributed by atoms with van der Waals surface area (Å²) in [6.07, 6.45) is 4.64. The Morgan fingerprint density at radius 1 is 1.10 bits per heavy atom. The lowest BCUT2D eigenvalue weighted by Gasteiger charge is -2.43. The van der Waals surface area contributed by atoms with E-state index in [4.69, 9.17) is 5.73 Å². The second-order valence-corrected chi connectivity index (χ2v) is 7.21. The van der Waals surface area contributed by atoms with Gasteiger partial charge in [-0.2, -0.15) is 0 Å². The van der Waals surface area contributed by atoms with Crippen molar-refractivity contribution in [3.05, 3.63) is 41.6 Å². The van der Waals surface area contributed by atoms with E-state index in [9.17, 15) is 0 Å². The number of nitrogens with two attached hydrogens (primary N) is 1. The average molecular weight is 268 g/mol. The number of hydrogen-bond donors (Lipinski definition) is 1. The molecule has 20 heavy (non-hydrogen) atoms. The molecule has 2 heteroatoms. The van der Waals surface area contributed by atoms with E-state index in [2.05, 4.69) is 49.2 Å². The molecule has 2 N–H and O–H groups in total. The Balaban J connectivity index is 2.03. The van der Waals surface area contributed by atoms with Crippen molar-refractivity contribution >= 4 is 10.9 Å². The average Bonchev–Trinajstić information content (AvgIpc) is 2.36. The van der Waals surface area contributed by atoms with Gasteiger partial charge in [0.1, 0.15) is 0 Å². The van der Waals surface area contributed by atoms with E-state index >= 15 is 0 Å². The number of aryl methyl sites for hydroxylation is 1. The molecule has 106 valence electrons. The van der Waals surface area contributed by atoms with E-state index in [1.54, 1.807) is 0 Å². The highest BCUT2D eigenvalue weighted by Gasteiger charge is 2.38. The van der Waals surface area contributed by atoms with Gasteiger partial charge in [-0.05, 0) is 55.4 Å². The predicted molar refractivity (Wildman–Crippen MR) is 84.6 cm³/mol. The first-order chi connectivity index (χ1) is 9.38. The van der Waals surface area contributed by atoms with E-state index < -0.39 is 0 Å². The molecule has 1 atom stereocenters. The zero-order valence-corrected chi connectivity index (χ0v) is 12.7. The SMILES string of the molecule is Cc1ccc2cc(C3(N)CCCC(C)(C)C3)ccc2n1. The van der Waals surface area contributed by atoms with Crippen molar-refractivity contribution in [2.75, 3.05) is 0 Å². The van der Waals surface area contributed by atoms with Gasteiger partial charge in [-0.25, -0.2) is 0 Å². The van der Waals surface area contributed by atoms with Crippen LogP contribution in [0.1, 0.15) is 50.8 Å². The Morgan fingerprint density at radius 3 is 2.65 bits per heavy atom. The minimum absolute atomic E-state index is 0.180. The number of aromatic nitrogens is 1. The molecule has 1 aliphatic rings. The lowest BCUT2D eigenvalue weighted by atomic mass is 9.66. The number of fused-ring (bicyclic) bond motifs is 1. The summed E-state index contributed by atoms with van der Waals surface area (Å²) in [7, 11) is 0. The summed E-state index contributed by atoms with van der Waals surface area (Å²) in [6, 6.07) is 10.8. The molecule has 0 saturated heterocycles. The van der Waals surface area contributed by atoms with Crippen LogP contribution in [0.2, 0.25) is 0 Å². The molecule has 1 unspecified atom stereocenters. The molecule has 1 aromatic heterocycles. The fourth-order valence-electron chi connectivity index (χ4n) is 3.70. The molecule has 0 radical (unpaired) electrons. The molecule has 2 aromatic rings. The van der Waals surface area contributed by atoms with Crippen LogP contribution in [-0.2, 0) is 5.54 Å². The highest BCUT2D eigenvalue weighted by molar-refractivity contribution is 5.79. The van der Waals surface area contributed by atoms with Crippen LogP contribution < -0.4 is 5.73 Å². The van der Waals surface area contributed by atoms with Crippen molar-refractivity contribution in [3.63, 3.8) is 0 Å². The summed E-state index contributed by atoms with van der Waals surface area (Å²) in [6.45, 7) is 6.70. The number of benzene rings is 1. The maximum absolute atomic E-state index is 6.76. The van der Waals surface area contributed by atoms with Crippen LogP contribution in [0, 0.1) is 12.3 Å². The molecule has 3 rings (SSSR count). The van der Waals surface area contributed by atoms with Crippen molar-refractivity contribution in [3.8, 4) is 0 Å². The van der Waals surface area contributed by atoms with Gasteiger partial charge in [-0.15, -0.1) is 0 Å². The molecule has 1 fully saturated rings. The van der Waals surface area contributed by atoms with Gasteiger partial charge in [-0.1, -0.05) is 32.4 Å². The molecule has 2 nitrogen and oxygen atoms in total. The van der Waals surface area contributed by atoms with E-state index in [0.29, 0.717) is 5.41 Å². The van der Waals surface area contributed by atoms with Gasteiger partial charge in [0.05, 0.1) is 5.52 Å². The Morgan fingerprint density at radius 2 is 1.90 bits per heavy atom. The summed E-state index contributed by atoms with van der Waals surface area (Å²) >= 11 is 0. The topological polar surface area (TPSA) is 38.9 Å². The van der Waals surface area contributed by atoms with Crippen molar-refractivity contribution in [2.45, 2.75) is 52.0 Å². The van der Waals surface area contributed by atoms with Crippen LogP contribution in [0.3, 0.4) is 0 Å². The third kappa shape index (κ3) is 2.45. The first kappa shape index (κ1) is 13.6. The fourth-order valence-corrected chi connectivity index (χ4v) is 3.70. The summed E-state index contributed by atoms with van der Waals surface area (Å²) < 4.78 is 0. The summed E-state index contributed by atoms with van der Waals surface area (Å²) in [5.41, 5.74) is 10.3. The van der Waals surface area contributed by atoms with Crippen LogP contribution in [0.15, 0.2) is 30.3 Å². The van der Waals surface area contributed by atoms with Gasteiger partial charge in [0.2, 0.25) is 0 Å². The third-order valence-electron chi connectivity index (χ3n) is 4.67. The van der Waals surface area contributed by atoms with Gasteiger partial charge in [0, 0.05) is 16.6 Å².